The Morgan fingerprint density at radius 3 is 2.60 bits per heavy atom. The van der Waals surface area contributed by atoms with Crippen molar-refractivity contribution in [3.05, 3.63) is 48.2 Å². The van der Waals surface area contributed by atoms with Gasteiger partial charge in [-0.15, -0.1) is 0 Å². The van der Waals surface area contributed by atoms with E-state index >= 15 is 0 Å². The van der Waals surface area contributed by atoms with Gasteiger partial charge in [0.2, 0.25) is 0 Å². The predicted octanol–water partition coefficient (Wildman–Crippen LogP) is 2.69. The largest absolute Gasteiger partial charge is 0.389 e. The second kappa shape index (κ2) is 5.30. The van der Waals surface area contributed by atoms with Gasteiger partial charge in [0.15, 0.2) is 5.82 Å². The molecule has 20 heavy (non-hydrogen) atoms. The van der Waals surface area contributed by atoms with Gasteiger partial charge in [-0.3, -0.25) is 4.98 Å². The van der Waals surface area contributed by atoms with Gasteiger partial charge >= 0.3 is 0 Å². The number of para-hydroxylation sites is 1. The molecule has 0 amide bonds. The number of benzene rings is 1. The Hall–Kier alpha value is -2.40. The summed E-state index contributed by atoms with van der Waals surface area (Å²) in [4.78, 5) is 4.28. The molecule has 1 aromatic carbocycles. The van der Waals surface area contributed by atoms with E-state index in [1.807, 2.05) is 36.4 Å². The third kappa shape index (κ3) is 2.23. The quantitative estimate of drug-likeness (QED) is 0.750. The molecule has 1 unspecified atom stereocenters. The number of fused-ring (bicyclic) bond motifs is 1. The minimum Gasteiger partial charge on any atom is -0.389 e. The summed E-state index contributed by atoms with van der Waals surface area (Å²) in [5.74, 6) is 0.498. The van der Waals surface area contributed by atoms with Gasteiger partial charge < -0.3 is 10.8 Å². The summed E-state index contributed by atoms with van der Waals surface area (Å²) < 4.78 is 1.66. The van der Waals surface area contributed by atoms with Crippen molar-refractivity contribution in [3.63, 3.8) is 0 Å². The second-order valence-electron chi connectivity index (χ2n) is 4.44. The number of pyridine rings is 1. The number of nitrogens with two attached hydrogens (primary N) is 1. The zero-order chi connectivity index (χ0) is 13.4. The van der Waals surface area contributed by atoms with Crippen LogP contribution in [0.1, 0.15) is 26.0 Å². The van der Waals surface area contributed by atoms with E-state index in [0.717, 1.165) is 11.3 Å². The monoisotopic (exact) mass is 270 g/mol. The summed E-state index contributed by atoms with van der Waals surface area (Å²) in [5.41, 5.74) is 9.01. The second-order valence-corrected chi connectivity index (χ2v) is 4.44. The number of anilines is 1. The van der Waals surface area contributed by atoms with Crippen LogP contribution in [0.5, 0.6) is 0 Å². The van der Waals surface area contributed by atoms with E-state index in [9.17, 15) is 5.11 Å². The number of aliphatic hydroxyl groups is 1. The van der Waals surface area contributed by atoms with Crippen molar-refractivity contribution in [1.29, 1.82) is 0 Å². The lowest BCUT2D eigenvalue weighted by Crippen LogP contribution is -2.01. The first-order valence-corrected chi connectivity index (χ1v) is 6.04. The maximum Gasteiger partial charge on any atom is 0.153 e. The molecule has 0 aliphatic rings. The number of nitrogen functional groups attached to an aromatic ring is 1. The van der Waals surface area contributed by atoms with Crippen LogP contribution < -0.4 is 5.73 Å². The lowest BCUT2D eigenvalue weighted by atomic mass is 10.2. The summed E-state index contributed by atoms with van der Waals surface area (Å²) in [6.45, 7) is 1.69. The first-order valence-electron chi connectivity index (χ1n) is 6.04. The molecule has 0 aliphatic carbocycles. The van der Waals surface area contributed by atoms with Gasteiger partial charge in [0.1, 0.15) is 11.0 Å². The molecule has 3 aromatic rings. The Morgan fingerprint density at radius 1 is 1.25 bits per heavy atom. The zero-order valence-electron chi connectivity index (χ0n) is 10.5. The van der Waals surface area contributed by atoms with E-state index in [1.54, 1.807) is 17.8 Å². The smallest absolute Gasteiger partial charge is 0.153 e. The molecule has 0 saturated carbocycles. The van der Waals surface area contributed by atoms with Gasteiger partial charge in [-0.1, -0.05) is 25.6 Å². The van der Waals surface area contributed by atoms with Gasteiger partial charge in [0, 0.05) is 11.8 Å². The van der Waals surface area contributed by atoms with Crippen LogP contribution in [0.15, 0.2) is 42.6 Å². The highest BCUT2D eigenvalue weighted by Crippen LogP contribution is 2.24. The van der Waals surface area contributed by atoms with E-state index in [1.165, 1.54) is 0 Å². The SMILES string of the molecule is C.CC(O)c1cnc2c(N)n(-c3ccccc3)nc2c1. The Labute approximate surface area is 117 Å². The molecule has 3 N–H and O–H groups in total. The molecule has 3 rings (SSSR count). The van der Waals surface area contributed by atoms with Crippen LogP contribution in [-0.2, 0) is 0 Å². The highest BCUT2D eigenvalue weighted by Gasteiger charge is 2.12. The third-order valence-electron chi connectivity index (χ3n) is 3.05. The molecular formula is C15H18N4O. The van der Waals surface area contributed by atoms with Gasteiger partial charge in [-0.05, 0) is 25.1 Å². The average molecular weight is 270 g/mol. The molecule has 0 fully saturated rings. The van der Waals surface area contributed by atoms with Crippen molar-refractivity contribution >= 4 is 16.9 Å². The molecule has 1 atom stereocenters. The fourth-order valence-electron chi connectivity index (χ4n) is 2.00. The van der Waals surface area contributed by atoms with E-state index in [4.69, 9.17) is 5.73 Å². The zero-order valence-corrected chi connectivity index (χ0v) is 10.5. The number of aliphatic hydroxyl groups excluding tert-OH is 1. The molecule has 5 heteroatoms. The normalized spacial score (nSPS) is 12.1. The van der Waals surface area contributed by atoms with E-state index in [2.05, 4.69) is 10.1 Å². The Morgan fingerprint density at radius 2 is 1.95 bits per heavy atom. The molecule has 5 nitrogen and oxygen atoms in total. The number of hydrogen-bond donors (Lipinski definition) is 2. The van der Waals surface area contributed by atoms with Crippen molar-refractivity contribution in [3.8, 4) is 5.69 Å². The summed E-state index contributed by atoms with van der Waals surface area (Å²) in [6.07, 6.45) is 1.06. The summed E-state index contributed by atoms with van der Waals surface area (Å²) in [7, 11) is 0. The molecule has 2 aromatic heterocycles. The standard InChI is InChI=1S/C14H14N4O.CH4/c1-9(19)10-7-12-13(16-8-10)14(15)18(17-12)11-5-3-2-4-6-11;/h2-9,19H,15H2,1H3;1H4. The topological polar surface area (TPSA) is 77.0 Å². The van der Waals surface area contributed by atoms with Crippen molar-refractivity contribution < 1.29 is 5.11 Å². The fraction of sp³-hybridized carbons (Fsp3) is 0.200. The molecule has 0 saturated heterocycles. The van der Waals surface area contributed by atoms with Crippen LogP contribution in [-0.4, -0.2) is 19.9 Å². The Bertz CT molecular complexity index is 719. The highest BCUT2D eigenvalue weighted by molar-refractivity contribution is 5.86. The first-order chi connectivity index (χ1) is 9.16. The summed E-state index contributed by atoms with van der Waals surface area (Å²) >= 11 is 0. The maximum absolute atomic E-state index is 9.57. The lowest BCUT2D eigenvalue weighted by molar-refractivity contribution is 0.199. The molecule has 0 radical (unpaired) electrons. The molecule has 0 aliphatic heterocycles. The van der Waals surface area contributed by atoms with Gasteiger partial charge in [-0.2, -0.15) is 5.10 Å². The van der Waals surface area contributed by atoms with Crippen molar-refractivity contribution in [2.75, 3.05) is 5.73 Å². The average Bonchev–Trinajstić information content (AvgIpc) is 2.76. The molecule has 104 valence electrons. The Kier molecular flexibility index (Phi) is 3.72. The third-order valence-corrected chi connectivity index (χ3v) is 3.05. The minimum atomic E-state index is -0.569. The van der Waals surface area contributed by atoms with E-state index in [-0.39, 0.29) is 7.43 Å². The molecular weight excluding hydrogens is 252 g/mol. The number of hydrogen-bond acceptors (Lipinski definition) is 4. The van der Waals surface area contributed by atoms with Crippen LogP contribution in [0, 0.1) is 0 Å². The van der Waals surface area contributed by atoms with Crippen LogP contribution in [0.3, 0.4) is 0 Å². The van der Waals surface area contributed by atoms with Crippen LogP contribution in [0.25, 0.3) is 16.7 Å². The summed E-state index contributed by atoms with van der Waals surface area (Å²) in [6, 6.07) is 11.5. The van der Waals surface area contributed by atoms with E-state index < -0.39 is 6.10 Å². The predicted molar refractivity (Wildman–Crippen MR) is 80.6 cm³/mol. The minimum absolute atomic E-state index is 0. The summed E-state index contributed by atoms with van der Waals surface area (Å²) in [5, 5.41) is 14.0. The van der Waals surface area contributed by atoms with Crippen molar-refractivity contribution in [1.82, 2.24) is 14.8 Å². The van der Waals surface area contributed by atoms with Gasteiger partial charge in [0.05, 0.1) is 11.8 Å². The lowest BCUT2D eigenvalue weighted by Gasteiger charge is -2.02. The van der Waals surface area contributed by atoms with Gasteiger partial charge in [0.25, 0.3) is 0 Å². The fourth-order valence-corrected chi connectivity index (χ4v) is 2.00. The number of nitrogens with zero attached hydrogens (tertiary/aromatic N) is 3. The van der Waals surface area contributed by atoms with Crippen LogP contribution in [0.4, 0.5) is 5.82 Å². The molecule has 0 spiro atoms. The Balaban J connectivity index is 0.00000147. The maximum atomic E-state index is 9.57. The highest BCUT2D eigenvalue weighted by atomic mass is 16.3. The van der Waals surface area contributed by atoms with E-state index in [0.29, 0.717) is 16.9 Å². The van der Waals surface area contributed by atoms with Crippen LogP contribution in [0.2, 0.25) is 0 Å². The van der Waals surface area contributed by atoms with Crippen molar-refractivity contribution in [2.24, 2.45) is 0 Å². The molecule has 2 heterocycles. The first kappa shape index (κ1) is 14.0. The van der Waals surface area contributed by atoms with Gasteiger partial charge in [-0.25, -0.2) is 4.68 Å². The number of rotatable bonds is 2. The molecule has 0 bridgehead atoms. The van der Waals surface area contributed by atoms with Crippen LogP contribution >= 0.6 is 0 Å². The number of aromatic nitrogens is 3. The van der Waals surface area contributed by atoms with Crippen molar-refractivity contribution in [2.45, 2.75) is 20.5 Å².